The van der Waals surface area contributed by atoms with Gasteiger partial charge >= 0.3 is 0 Å². The molecule has 0 spiro atoms. The summed E-state index contributed by atoms with van der Waals surface area (Å²) in [5, 5.41) is 3.72. The van der Waals surface area contributed by atoms with Crippen LogP contribution in [-0.2, 0) is 0 Å². The Morgan fingerprint density at radius 2 is 1.23 bits per heavy atom. The lowest BCUT2D eigenvalue weighted by Crippen LogP contribution is -2.23. The van der Waals surface area contributed by atoms with E-state index in [1.54, 1.807) is 0 Å². The van der Waals surface area contributed by atoms with E-state index in [2.05, 4.69) is 184 Å². The molecule has 1 unspecified atom stereocenters. The van der Waals surface area contributed by atoms with E-state index in [0.717, 1.165) is 5.70 Å². The number of hydrogen-bond acceptors (Lipinski definition) is 1. The number of rotatable bonds is 3. The first-order chi connectivity index (χ1) is 23.2. The molecule has 4 aromatic heterocycles. The van der Waals surface area contributed by atoms with Crippen LogP contribution in [0.3, 0.4) is 0 Å². The molecule has 0 saturated carbocycles. The Balaban J connectivity index is 1.34. The van der Waals surface area contributed by atoms with Crippen LogP contribution >= 0.6 is 0 Å². The molecule has 9 aromatic rings. The Morgan fingerprint density at radius 3 is 2.02 bits per heavy atom. The van der Waals surface area contributed by atoms with E-state index in [0.29, 0.717) is 0 Å². The second-order valence-corrected chi connectivity index (χ2v) is 12.6. The molecule has 1 atom stereocenters. The summed E-state index contributed by atoms with van der Waals surface area (Å²) in [6, 6.07) is 50.9. The molecule has 0 aliphatic carbocycles. The van der Waals surface area contributed by atoms with Gasteiger partial charge in [0.25, 0.3) is 0 Å². The smallest absolute Gasteiger partial charge is 0.123 e. The number of aromatic nitrogens is 3. The monoisotopic (exact) mass is 604 g/mol. The minimum absolute atomic E-state index is 0.161. The van der Waals surface area contributed by atoms with Gasteiger partial charge in [-0.25, -0.2) is 0 Å². The first kappa shape index (κ1) is 26.2. The van der Waals surface area contributed by atoms with Crippen LogP contribution in [0.25, 0.3) is 66.2 Å². The molecular weight excluding hydrogens is 573 g/mol. The second-order valence-electron chi connectivity index (χ2n) is 12.6. The van der Waals surface area contributed by atoms with E-state index in [9.17, 15) is 0 Å². The van der Waals surface area contributed by atoms with Crippen molar-refractivity contribution in [3.8, 4) is 0 Å². The fraction of sp³-hybridized carbons (Fsp3) is 0.0698. The van der Waals surface area contributed by atoms with Crippen molar-refractivity contribution in [3.63, 3.8) is 0 Å². The van der Waals surface area contributed by atoms with Gasteiger partial charge in [0.2, 0.25) is 0 Å². The van der Waals surface area contributed by atoms with Gasteiger partial charge in [0.05, 0.1) is 39.1 Å². The van der Waals surface area contributed by atoms with Crippen LogP contribution in [0.1, 0.15) is 19.4 Å². The van der Waals surface area contributed by atoms with Crippen LogP contribution in [0.15, 0.2) is 152 Å². The zero-order valence-electron chi connectivity index (χ0n) is 26.3. The van der Waals surface area contributed by atoms with E-state index in [1.807, 2.05) is 0 Å². The maximum atomic E-state index is 2.50. The van der Waals surface area contributed by atoms with Gasteiger partial charge in [-0.05, 0) is 74.0 Å². The van der Waals surface area contributed by atoms with Gasteiger partial charge in [0, 0.05) is 38.8 Å². The molecule has 0 radical (unpaired) electrons. The summed E-state index contributed by atoms with van der Waals surface area (Å²) in [6.45, 7) is 4.49. The summed E-state index contributed by atoms with van der Waals surface area (Å²) in [7, 11) is 0. The van der Waals surface area contributed by atoms with Crippen molar-refractivity contribution in [2.45, 2.75) is 19.9 Å². The Morgan fingerprint density at radius 1 is 0.596 bits per heavy atom. The molecule has 5 heterocycles. The highest BCUT2D eigenvalue weighted by Crippen LogP contribution is 2.46. The second kappa shape index (κ2) is 9.75. The van der Waals surface area contributed by atoms with Crippen molar-refractivity contribution in [2.24, 2.45) is 0 Å². The summed E-state index contributed by atoms with van der Waals surface area (Å²) in [6.07, 6.45) is 4.70. The predicted molar refractivity (Wildman–Crippen MR) is 199 cm³/mol. The number of anilines is 2. The van der Waals surface area contributed by atoms with Crippen molar-refractivity contribution < 1.29 is 0 Å². The lowest BCUT2D eigenvalue weighted by molar-refractivity contribution is 0.916. The molecule has 10 rings (SSSR count). The Bertz CT molecular complexity index is 2770. The first-order valence-electron chi connectivity index (χ1n) is 16.4. The normalized spacial score (nSPS) is 16.2. The summed E-state index contributed by atoms with van der Waals surface area (Å²) < 4.78 is 7.44. The average molecular weight is 605 g/mol. The summed E-state index contributed by atoms with van der Waals surface area (Å²) in [4.78, 5) is 2.47. The molecule has 1 aliphatic rings. The van der Waals surface area contributed by atoms with Gasteiger partial charge < -0.3 is 9.47 Å². The lowest BCUT2D eigenvalue weighted by atomic mass is 10.0. The zero-order chi connectivity index (χ0) is 31.2. The fourth-order valence-electron chi connectivity index (χ4n) is 8.16. The van der Waals surface area contributed by atoms with Crippen LogP contribution in [0.5, 0.6) is 0 Å². The first-order valence-corrected chi connectivity index (χ1v) is 16.4. The topological polar surface area (TPSA) is 17.0 Å². The quantitative estimate of drug-likeness (QED) is 0.196. The van der Waals surface area contributed by atoms with Crippen molar-refractivity contribution in [1.82, 2.24) is 13.4 Å². The predicted octanol–water partition coefficient (Wildman–Crippen LogP) is 11.1. The number of nitrogens with zero attached hydrogens (tertiary/aromatic N) is 4. The van der Waals surface area contributed by atoms with E-state index < -0.39 is 0 Å². The minimum Gasteiger partial charge on any atom is -0.334 e. The van der Waals surface area contributed by atoms with Gasteiger partial charge in [-0.1, -0.05) is 97.1 Å². The minimum atomic E-state index is 0.161. The summed E-state index contributed by atoms with van der Waals surface area (Å²) >= 11 is 0. The highest BCUT2D eigenvalue weighted by molar-refractivity contribution is 6.18. The Hall–Kier alpha value is -6.00. The standard InChI is InChI=1S/C43H32N4/c1-3-31(27-35-28(2)44(32-17-5-4-6-18-32)38-23-13-9-19-33(35)38)45-39-24-14-10-20-34(39)42-43(45)40-25-29-15-7-11-21-36(29)46(40)41-26-30-16-8-12-22-37(30)47(41)42/h3-28H,1-2H3/b31-3+,35-27+. The molecule has 0 bridgehead atoms. The zero-order valence-corrected chi connectivity index (χ0v) is 26.3. The highest BCUT2D eigenvalue weighted by Gasteiger charge is 2.32. The molecule has 0 amide bonds. The molecule has 4 heteroatoms. The van der Waals surface area contributed by atoms with Crippen LogP contribution in [0, 0.1) is 0 Å². The molecule has 47 heavy (non-hydrogen) atoms. The molecule has 0 fully saturated rings. The Labute approximate surface area is 272 Å². The van der Waals surface area contributed by atoms with Gasteiger partial charge in [-0.15, -0.1) is 0 Å². The highest BCUT2D eigenvalue weighted by atomic mass is 15.2. The summed E-state index contributed by atoms with van der Waals surface area (Å²) in [5.74, 6) is 0. The number of hydrogen-bond donors (Lipinski definition) is 0. The maximum absolute atomic E-state index is 2.50. The van der Waals surface area contributed by atoms with Gasteiger partial charge in [0.15, 0.2) is 0 Å². The maximum Gasteiger partial charge on any atom is 0.123 e. The van der Waals surface area contributed by atoms with Crippen LogP contribution in [0.2, 0.25) is 0 Å². The SMILES string of the molecule is C/C=C(\C=C1\c2ccccc2N(c2ccccc2)C1C)n1c2ccccc2c2c1c1cc3ccccc3n1c1cc3ccccc3n21. The van der Waals surface area contributed by atoms with E-state index in [4.69, 9.17) is 0 Å². The van der Waals surface area contributed by atoms with Gasteiger partial charge in [-0.3, -0.25) is 8.80 Å². The largest absolute Gasteiger partial charge is 0.334 e. The number of fused-ring (bicyclic) bond motifs is 13. The third kappa shape index (κ3) is 3.53. The number of allylic oxidation sites excluding steroid dienone is 3. The van der Waals surface area contributed by atoms with E-state index in [1.165, 1.54) is 77.4 Å². The van der Waals surface area contributed by atoms with Gasteiger partial charge in [-0.2, -0.15) is 0 Å². The van der Waals surface area contributed by atoms with Crippen molar-refractivity contribution >= 4 is 77.6 Å². The molecular formula is C43H32N4. The van der Waals surface area contributed by atoms with Crippen molar-refractivity contribution in [3.05, 3.63) is 157 Å². The van der Waals surface area contributed by atoms with Crippen LogP contribution < -0.4 is 4.90 Å². The van der Waals surface area contributed by atoms with E-state index >= 15 is 0 Å². The van der Waals surface area contributed by atoms with Crippen molar-refractivity contribution in [2.75, 3.05) is 4.90 Å². The van der Waals surface area contributed by atoms with Crippen LogP contribution in [0.4, 0.5) is 11.4 Å². The van der Waals surface area contributed by atoms with E-state index in [-0.39, 0.29) is 6.04 Å². The molecule has 0 N–H and O–H groups in total. The van der Waals surface area contributed by atoms with Crippen LogP contribution in [-0.4, -0.2) is 19.4 Å². The third-order valence-electron chi connectivity index (χ3n) is 10.1. The molecule has 5 aromatic carbocycles. The average Bonchev–Trinajstić information content (AvgIpc) is 3.85. The number of benzene rings is 5. The number of para-hydroxylation sites is 5. The van der Waals surface area contributed by atoms with Crippen molar-refractivity contribution in [1.29, 1.82) is 0 Å². The Kier molecular flexibility index (Phi) is 5.44. The molecule has 1 aliphatic heterocycles. The lowest BCUT2D eigenvalue weighted by Gasteiger charge is -2.25. The third-order valence-corrected chi connectivity index (χ3v) is 10.1. The molecule has 0 saturated heterocycles. The molecule has 224 valence electrons. The molecule has 4 nitrogen and oxygen atoms in total. The fourth-order valence-corrected chi connectivity index (χ4v) is 8.16. The van der Waals surface area contributed by atoms with Gasteiger partial charge in [0.1, 0.15) is 5.65 Å². The summed E-state index contributed by atoms with van der Waals surface area (Å²) in [5.41, 5.74) is 14.7.